The van der Waals surface area contributed by atoms with Crippen LogP contribution in [0.2, 0.25) is 0 Å². The largest absolute Gasteiger partial charge is 0.444 e. The van der Waals surface area contributed by atoms with Gasteiger partial charge < -0.3 is 9.73 Å². The number of hydrogen-bond donors (Lipinski definition) is 1. The monoisotopic (exact) mass is 254 g/mol. The molecular weight excluding hydrogens is 244 g/mol. The number of amides is 1. The lowest BCUT2D eigenvalue weighted by molar-refractivity contribution is 0.253. The molecule has 19 heavy (non-hydrogen) atoms. The van der Waals surface area contributed by atoms with E-state index in [0.717, 1.165) is 5.56 Å². The van der Waals surface area contributed by atoms with Crippen molar-refractivity contribution >= 4 is 11.7 Å². The summed E-state index contributed by atoms with van der Waals surface area (Å²) >= 11 is 0. The van der Waals surface area contributed by atoms with Gasteiger partial charge in [-0.2, -0.15) is 0 Å². The minimum Gasteiger partial charge on any atom is -0.444 e. The van der Waals surface area contributed by atoms with Crippen molar-refractivity contribution in [2.75, 3.05) is 5.32 Å². The van der Waals surface area contributed by atoms with Gasteiger partial charge in [0.1, 0.15) is 6.33 Å². The van der Waals surface area contributed by atoms with E-state index in [1.807, 2.05) is 18.2 Å². The number of carbonyl (C=O) groups is 1. The third-order valence-corrected chi connectivity index (χ3v) is 2.57. The van der Waals surface area contributed by atoms with E-state index in [1.165, 1.54) is 17.3 Å². The van der Waals surface area contributed by atoms with Gasteiger partial charge in [0.15, 0.2) is 12.2 Å². The Bertz CT molecular complexity index is 675. The molecule has 2 heterocycles. The second-order valence-electron chi connectivity index (χ2n) is 3.85. The smallest absolute Gasteiger partial charge is 0.331 e. The lowest BCUT2D eigenvalue weighted by Gasteiger charge is -2.06. The van der Waals surface area contributed by atoms with Crippen LogP contribution in [-0.4, -0.2) is 20.6 Å². The van der Waals surface area contributed by atoms with Crippen LogP contribution in [0.1, 0.15) is 0 Å². The van der Waals surface area contributed by atoms with Crippen molar-refractivity contribution in [3.8, 4) is 11.3 Å². The first-order chi connectivity index (χ1) is 9.33. The molecule has 0 spiro atoms. The molecule has 6 nitrogen and oxygen atoms in total. The van der Waals surface area contributed by atoms with Crippen molar-refractivity contribution in [2.24, 2.45) is 0 Å². The number of benzene rings is 1. The predicted octanol–water partition coefficient (Wildman–Crippen LogP) is 2.62. The summed E-state index contributed by atoms with van der Waals surface area (Å²) < 4.78 is 6.57. The number of aromatic nitrogens is 3. The maximum Gasteiger partial charge on any atom is 0.331 e. The highest BCUT2D eigenvalue weighted by molar-refractivity contribution is 5.91. The normalized spacial score (nSPS) is 10.3. The van der Waals surface area contributed by atoms with Crippen LogP contribution in [0, 0.1) is 0 Å². The van der Waals surface area contributed by atoms with Crippen LogP contribution in [-0.2, 0) is 0 Å². The Balaban J connectivity index is 1.82. The maximum atomic E-state index is 11.8. The van der Waals surface area contributed by atoms with Crippen LogP contribution in [0.15, 0.2) is 60.0 Å². The van der Waals surface area contributed by atoms with Gasteiger partial charge in [0, 0.05) is 23.6 Å². The molecule has 0 bridgehead atoms. The quantitative estimate of drug-likeness (QED) is 0.762. The fourth-order valence-electron chi connectivity index (χ4n) is 1.68. The summed E-state index contributed by atoms with van der Waals surface area (Å²) in [6.07, 6.45) is 7.55. The molecule has 0 aliphatic heterocycles. The minimum atomic E-state index is -0.271. The van der Waals surface area contributed by atoms with Crippen molar-refractivity contribution in [3.63, 3.8) is 0 Å². The molecule has 1 N–H and O–H groups in total. The number of rotatable bonds is 2. The Labute approximate surface area is 108 Å². The zero-order valence-corrected chi connectivity index (χ0v) is 9.85. The average molecular weight is 254 g/mol. The molecule has 94 valence electrons. The SMILES string of the molecule is O=C(Nc1cccc(-c2cnco2)c1)n1ccnc1. The highest BCUT2D eigenvalue weighted by Crippen LogP contribution is 2.22. The van der Waals surface area contributed by atoms with Gasteiger partial charge in [-0.15, -0.1) is 0 Å². The van der Waals surface area contributed by atoms with Crippen LogP contribution < -0.4 is 5.32 Å². The lowest BCUT2D eigenvalue weighted by atomic mass is 10.1. The fraction of sp³-hybridized carbons (Fsp3) is 0. The number of anilines is 1. The van der Waals surface area contributed by atoms with Gasteiger partial charge in [-0.25, -0.2) is 14.8 Å². The zero-order valence-electron chi connectivity index (χ0n) is 9.85. The lowest BCUT2D eigenvalue weighted by Crippen LogP contribution is -2.17. The number of oxazole rings is 1. The van der Waals surface area contributed by atoms with E-state index in [0.29, 0.717) is 11.4 Å². The Morgan fingerprint density at radius 3 is 3.00 bits per heavy atom. The highest BCUT2D eigenvalue weighted by atomic mass is 16.3. The first-order valence-electron chi connectivity index (χ1n) is 5.61. The van der Waals surface area contributed by atoms with Crippen molar-refractivity contribution in [1.29, 1.82) is 0 Å². The molecule has 3 aromatic rings. The molecule has 0 fully saturated rings. The summed E-state index contributed by atoms with van der Waals surface area (Å²) in [5, 5.41) is 2.77. The zero-order chi connectivity index (χ0) is 13.1. The number of imidazole rings is 1. The molecule has 0 atom stereocenters. The van der Waals surface area contributed by atoms with Crippen molar-refractivity contribution in [3.05, 3.63) is 55.6 Å². The summed E-state index contributed by atoms with van der Waals surface area (Å²) in [5.74, 6) is 0.652. The number of nitrogens with one attached hydrogen (secondary N) is 1. The van der Waals surface area contributed by atoms with E-state index in [4.69, 9.17) is 4.42 Å². The summed E-state index contributed by atoms with van der Waals surface area (Å²) in [6, 6.07) is 7.06. The van der Waals surface area contributed by atoms with Gasteiger partial charge in [0.2, 0.25) is 0 Å². The third kappa shape index (κ3) is 2.37. The summed E-state index contributed by atoms with van der Waals surface area (Å²) in [5.41, 5.74) is 1.52. The maximum absolute atomic E-state index is 11.8. The molecule has 0 saturated carbocycles. The van der Waals surface area contributed by atoms with E-state index in [-0.39, 0.29) is 6.03 Å². The molecular formula is C13H10N4O2. The Morgan fingerprint density at radius 2 is 2.26 bits per heavy atom. The fourth-order valence-corrected chi connectivity index (χ4v) is 1.68. The van der Waals surface area contributed by atoms with Gasteiger partial charge in [-0.3, -0.25) is 4.57 Å². The molecule has 2 aromatic heterocycles. The van der Waals surface area contributed by atoms with E-state index in [2.05, 4.69) is 15.3 Å². The molecule has 1 amide bonds. The number of carbonyl (C=O) groups excluding carboxylic acids is 1. The number of hydrogen-bond acceptors (Lipinski definition) is 4. The van der Waals surface area contributed by atoms with Crippen LogP contribution in [0.4, 0.5) is 10.5 Å². The summed E-state index contributed by atoms with van der Waals surface area (Å²) in [6.45, 7) is 0. The van der Waals surface area contributed by atoms with Crippen LogP contribution in [0.3, 0.4) is 0 Å². The van der Waals surface area contributed by atoms with Gasteiger partial charge in [-0.05, 0) is 12.1 Å². The van der Waals surface area contributed by atoms with Crippen LogP contribution in [0.5, 0.6) is 0 Å². The van der Waals surface area contributed by atoms with Crippen LogP contribution >= 0.6 is 0 Å². The molecule has 0 aliphatic rings. The molecule has 0 aliphatic carbocycles. The standard InChI is InChI=1S/C13H10N4O2/c18-13(17-5-4-14-8-17)16-11-3-1-2-10(6-11)12-7-15-9-19-12/h1-9H,(H,16,18). The molecule has 0 saturated heterocycles. The van der Waals surface area contributed by atoms with Gasteiger partial charge in [0.05, 0.1) is 6.20 Å². The average Bonchev–Trinajstić information content (AvgIpc) is 3.13. The Hall–Kier alpha value is -2.89. The van der Waals surface area contributed by atoms with Crippen molar-refractivity contribution in [1.82, 2.24) is 14.5 Å². The van der Waals surface area contributed by atoms with Crippen LogP contribution in [0.25, 0.3) is 11.3 Å². The topological polar surface area (TPSA) is 73.0 Å². The first-order valence-corrected chi connectivity index (χ1v) is 5.61. The second kappa shape index (κ2) is 4.77. The Morgan fingerprint density at radius 1 is 1.32 bits per heavy atom. The predicted molar refractivity (Wildman–Crippen MR) is 68.6 cm³/mol. The van der Waals surface area contributed by atoms with E-state index >= 15 is 0 Å². The summed E-state index contributed by atoms with van der Waals surface area (Å²) in [7, 11) is 0. The summed E-state index contributed by atoms with van der Waals surface area (Å²) in [4.78, 5) is 19.5. The molecule has 3 rings (SSSR count). The minimum absolute atomic E-state index is 0.271. The van der Waals surface area contributed by atoms with Gasteiger partial charge in [0.25, 0.3) is 0 Å². The molecule has 0 radical (unpaired) electrons. The first kappa shape index (κ1) is 11.2. The second-order valence-corrected chi connectivity index (χ2v) is 3.85. The van der Waals surface area contributed by atoms with Crippen molar-refractivity contribution in [2.45, 2.75) is 0 Å². The van der Waals surface area contributed by atoms with E-state index in [1.54, 1.807) is 24.7 Å². The van der Waals surface area contributed by atoms with Gasteiger partial charge in [-0.1, -0.05) is 12.1 Å². The Kier molecular flexibility index (Phi) is 2.82. The van der Waals surface area contributed by atoms with Gasteiger partial charge >= 0.3 is 6.03 Å². The molecule has 6 heteroatoms. The molecule has 0 unspecified atom stereocenters. The highest BCUT2D eigenvalue weighted by Gasteiger charge is 2.06. The van der Waals surface area contributed by atoms with E-state index in [9.17, 15) is 4.79 Å². The molecule has 1 aromatic carbocycles. The van der Waals surface area contributed by atoms with E-state index < -0.39 is 0 Å². The van der Waals surface area contributed by atoms with Crippen molar-refractivity contribution < 1.29 is 9.21 Å². The number of nitrogens with zero attached hydrogens (tertiary/aromatic N) is 3. The third-order valence-electron chi connectivity index (χ3n) is 2.57.